The molecule has 0 aliphatic rings. The highest BCUT2D eigenvalue weighted by atomic mass is 31.1. The van der Waals surface area contributed by atoms with Crippen LogP contribution in [0.5, 0.6) is 0 Å². The number of unbranched alkanes of at least 4 members (excludes halogenated alkanes) is 33. The Bertz CT molecular complexity index is 2270. The molecule has 0 N–H and O–H groups in total. The molecule has 4 aromatic carbocycles. The van der Waals surface area contributed by atoms with Gasteiger partial charge in [0.1, 0.15) is 52.7 Å². The van der Waals surface area contributed by atoms with Crippen LogP contribution < -0.4 is 21.9 Å². The summed E-state index contributed by atoms with van der Waals surface area (Å²) in [7, 11) is -0.0804. The molecular formula is C66H88BF20P. The van der Waals surface area contributed by atoms with Gasteiger partial charge < -0.3 is 0 Å². The lowest BCUT2D eigenvalue weighted by molar-refractivity contribution is 0.378. The number of hydrogen-bond acceptors (Lipinski definition) is 0. The highest BCUT2D eigenvalue weighted by Gasteiger charge is 2.52. The first-order chi connectivity index (χ1) is 42.0. The second kappa shape index (κ2) is 41.5. The molecule has 0 aliphatic heterocycles. The third kappa shape index (κ3) is 21.5. The molecule has 0 unspecified atom stereocenters. The summed E-state index contributed by atoms with van der Waals surface area (Å²) in [5, 5.41) is 0. The highest BCUT2D eigenvalue weighted by Crippen LogP contribution is 2.40. The van der Waals surface area contributed by atoms with Gasteiger partial charge in [0, 0.05) is 7.92 Å². The largest absolute Gasteiger partial charge is 0.207 e. The van der Waals surface area contributed by atoms with Crippen LogP contribution in [-0.4, -0.2) is 24.6 Å². The molecule has 0 aliphatic carbocycles. The van der Waals surface area contributed by atoms with E-state index >= 15 is 35.1 Å². The fraction of sp³-hybridized carbons (Fsp3) is 0.636. The molecule has 0 saturated heterocycles. The van der Waals surface area contributed by atoms with Crippen LogP contribution in [0.4, 0.5) is 87.8 Å². The average molecular weight is 1300 g/mol. The van der Waals surface area contributed by atoms with Gasteiger partial charge in [0.2, 0.25) is 0 Å². The third-order valence-electron chi connectivity index (χ3n) is 16.9. The maximum absolute atomic E-state index is 15.4. The summed E-state index contributed by atoms with van der Waals surface area (Å²) < 4.78 is 294. The first-order valence-corrected chi connectivity index (χ1v) is 34.2. The van der Waals surface area contributed by atoms with Crippen LogP contribution in [0, 0.1) is 116 Å². The molecule has 0 radical (unpaired) electrons. The summed E-state index contributed by atoms with van der Waals surface area (Å²) >= 11 is 0. The SMILES string of the molecule is CCCCCCCCCCCCCC[PH+](CCCCCCCCCCCCCC)CCCCCCCCCCCCCC.Fc1c(F)c(F)c([B-](c2c(F)c(F)c(F)c(F)c2F)(c2c(F)c(F)c(F)c(F)c2F)c2c(F)c(F)c(F)c(F)c2F)c(F)c1F. The maximum atomic E-state index is 15.4. The minimum atomic E-state index is -7.22. The molecule has 0 saturated carbocycles. The molecule has 0 amide bonds. The molecule has 0 atom stereocenters. The zero-order valence-electron chi connectivity index (χ0n) is 51.2. The fourth-order valence-corrected chi connectivity index (χ4v) is 14.9. The van der Waals surface area contributed by atoms with Gasteiger partial charge in [-0.25, -0.2) is 87.8 Å². The second-order valence-electron chi connectivity index (χ2n) is 23.5. The van der Waals surface area contributed by atoms with E-state index in [2.05, 4.69) is 20.8 Å². The Morgan fingerprint density at radius 1 is 0.170 bits per heavy atom. The van der Waals surface area contributed by atoms with Gasteiger partial charge in [-0.1, -0.05) is 213 Å². The van der Waals surface area contributed by atoms with Gasteiger partial charge in [-0.2, -0.15) is 0 Å². The minimum absolute atomic E-state index is 0.0804. The number of hydrogen-bond donors (Lipinski definition) is 0. The van der Waals surface area contributed by atoms with E-state index in [0.29, 0.717) is 0 Å². The van der Waals surface area contributed by atoms with Crippen LogP contribution in [0.1, 0.15) is 252 Å². The Morgan fingerprint density at radius 3 is 0.420 bits per heavy atom. The first-order valence-electron chi connectivity index (χ1n) is 32.1. The van der Waals surface area contributed by atoms with E-state index in [0.717, 1.165) is 0 Å². The predicted octanol–water partition coefficient (Wildman–Crippen LogP) is 22.1. The Balaban J connectivity index is 0.000000461. The summed E-state index contributed by atoms with van der Waals surface area (Å²) in [6.07, 6.45) is 51.3. The van der Waals surface area contributed by atoms with Crippen LogP contribution in [0.25, 0.3) is 0 Å². The molecule has 22 heteroatoms. The van der Waals surface area contributed by atoms with Crippen molar-refractivity contribution in [3.63, 3.8) is 0 Å². The van der Waals surface area contributed by atoms with Crippen molar-refractivity contribution < 1.29 is 87.8 Å². The molecule has 0 heterocycles. The molecule has 4 rings (SSSR count). The van der Waals surface area contributed by atoms with Crippen molar-refractivity contribution in [3.05, 3.63) is 116 Å². The van der Waals surface area contributed by atoms with Gasteiger partial charge in [-0.3, -0.25) is 0 Å². The second-order valence-corrected chi connectivity index (χ2v) is 26.5. The molecule has 0 spiro atoms. The van der Waals surface area contributed by atoms with Crippen molar-refractivity contribution in [2.75, 3.05) is 18.5 Å². The highest BCUT2D eigenvalue weighted by molar-refractivity contribution is 7.57. The van der Waals surface area contributed by atoms with Crippen LogP contribution in [0.15, 0.2) is 0 Å². The van der Waals surface area contributed by atoms with Gasteiger partial charge in [0.15, 0.2) is 69.8 Å². The Labute approximate surface area is 508 Å². The van der Waals surface area contributed by atoms with E-state index < -0.39 is 144 Å². The summed E-state index contributed by atoms with van der Waals surface area (Å²) in [6, 6.07) is 0. The zero-order chi connectivity index (χ0) is 65.5. The van der Waals surface area contributed by atoms with E-state index in [-0.39, 0.29) is 7.92 Å². The van der Waals surface area contributed by atoms with Gasteiger partial charge >= 0.3 is 0 Å². The smallest absolute Gasteiger partial charge is 0.200 e. The summed E-state index contributed by atoms with van der Waals surface area (Å²) in [5.41, 5.74) is -14.3. The van der Waals surface area contributed by atoms with Crippen LogP contribution in [0.3, 0.4) is 0 Å². The van der Waals surface area contributed by atoms with Crippen molar-refractivity contribution in [1.82, 2.24) is 0 Å². The third-order valence-corrected chi connectivity index (χ3v) is 20.0. The van der Waals surface area contributed by atoms with Crippen molar-refractivity contribution in [2.24, 2.45) is 0 Å². The lowest BCUT2D eigenvalue weighted by Gasteiger charge is -2.44. The lowest BCUT2D eigenvalue weighted by atomic mass is 9.12. The molecule has 88 heavy (non-hydrogen) atoms. The Hall–Kier alpha value is -4.03. The Morgan fingerprint density at radius 2 is 0.284 bits per heavy atom. The molecule has 0 bridgehead atoms. The normalized spacial score (nSPS) is 11.9. The molecule has 4 aromatic rings. The summed E-state index contributed by atoms with van der Waals surface area (Å²) in [5.74, 6) is -71.4. The van der Waals surface area contributed by atoms with E-state index in [9.17, 15) is 52.7 Å². The van der Waals surface area contributed by atoms with Crippen molar-refractivity contribution in [2.45, 2.75) is 252 Å². The maximum Gasteiger partial charge on any atom is 0.200 e. The minimum Gasteiger partial charge on any atom is -0.207 e. The van der Waals surface area contributed by atoms with Crippen LogP contribution in [0.2, 0.25) is 0 Å². The zero-order valence-corrected chi connectivity index (χ0v) is 52.2. The van der Waals surface area contributed by atoms with Crippen molar-refractivity contribution in [3.8, 4) is 0 Å². The number of benzene rings is 4. The predicted molar refractivity (Wildman–Crippen MR) is 315 cm³/mol. The molecule has 0 aromatic heterocycles. The van der Waals surface area contributed by atoms with E-state index in [4.69, 9.17) is 0 Å². The van der Waals surface area contributed by atoms with Gasteiger partial charge in [-0.15, -0.1) is 21.9 Å². The lowest BCUT2D eigenvalue weighted by Crippen LogP contribution is -2.81. The topological polar surface area (TPSA) is 0 Å². The van der Waals surface area contributed by atoms with Gasteiger partial charge in [0.05, 0.1) is 18.5 Å². The quantitative estimate of drug-likeness (QED) is 0.0103. The first kappa shape index (κ1) is 78.2. The molecule has 500 valence electrons. The van der Waals surface area contributed by atoms with Gasteiger partial charge in [0.25, 0.3) is 0 Å². The van der Waals surface area contributed by atoms with E-state index in [1.54, 1.807) is 37.7 Å². The van der Waals surface area contributed by atoms with E-state index in [1.807, 2.05) is 0 Å². The average Bonchev–Trinajstić information content (AvgIpc) is 0.698. The molecule has 0 nitrogen and oxygen atoms in total. The van der Waals surface area contributed by atoms with Crippen molar-refractivity contribution in [1.29, 1.82) is 0 Å². The molecular weight excluding hydrogens is 1210 g/mol. The van der Waals surface area contributed by atoms with E-state index in [1.165, 1.54) is 212 Å². The fourth-order valence-electron chi connectivity index (χ4n) is 11.9. The summed E-state index contributed by atoms with van der Waals surface area (Å²) in [6.45, 7) is 6.97. The van der Waals surface area contributed by atoms with Crippen molar-refractivity contribution >= 4 is 35.9 Å². The standard InChI is InChI=1S/C42H87P.C24BF20/c1-4-7-10-13-16-19-22-25-28-31-34-37-40-43(41-38-35-32-29-26-23-20-17-14-11-8-5-2)42-39-36-33-30-27-24-21-18-15-12-9-6-3;26-5-1(6(27)14(35)21(42)13(5)34)25(2-7(28)15(36)22(43)16(37)8(2)29,3-9(30)17(38)23(44)18(39)10(3)31)4-11(32)19(40)24(45)20(41)12(4)33/h4-42H2,1-3H3;/q;-1/p+1. The molecule has 0 fully saturated rings. The monoisotopic (exact) mass is 1300 g/mol. The van der Waals surface area contributed by atoms with Crippen LogP contribution >= 0.6 is 7.92 Å². The number of rotatable bonds is 43. The summed E-state index contributed by atoms with van der Waals surface area (Å²) in [4.78, 5) is 0. The Kier molecular flexibility index (Phi) is 36.8. The van der Waals surface area contributed by atoms with Crippen LogP contribution in [-0.2, 0) is 0 Å². The number of halogens is 20. The van der Waals surface area contributed by atoms with Gasteiger partial charge in [-0.05, 0) is 38.5 Å².